The molecule has 2 aromatic heterocycles. The highest BCUT2D eigenvalue weighted by atomic mass is 16.3. The van der Waals surface area contributed by atoms with Gasteiger partial charge in [0, 0.05) is 21.5 Å². The largest absolute Gasteiger partial charge is 0.456 e. The lowest BCUT2D eigenvalue weighted by Crippen LogP contribution is -1.92. The maximum absolute atomic E-state index is 6.25. The SMILES string of the molecule is c1cc(-c2ccc3oc4ccccc4c3c2)cc(-c2c3ccccc3c(-c3ccc4oc5ccccc5c4c3)c3c2ccc2ccccc23)c1. The maximum Gasteiger partial charge on any atom is 0.135 e. The summed E-state index contributed by atoms with van der Waals surface area (Å²) in [5, 5.41) is 12.0. The number of hydrogen-bond donors (Lipinski definition) is 0. The van der Waals surface area contributed by atoms with Gasteiger partial charge in [0.15, 0.2) is 0 Å². The van der Waals surface area contributed by atoms with Gasteiger partial charge >= 0.3 is 0 Å². The molecule has 0 N–H and O–H groups in total. The minimum atomic E-state index is 0.906. The molecule has 0 saturated heterocycles. The van der Waals surface area contributed by atoms with Crippen molar-refractivity contribution in [2.75, 3.05) is 0 Å². The van der Waals surface area contributed by atoms with E-state index in [0.29, 0.717) is 0 Å². The Morgan fingerprint density at radius 3 is 1.48 bits per heavy atom. The van der Waals surface area contributed by atoms with Gasteiger partial charge in [0.05, 0.1) is 0 Å². The zero-order chi connectivity index (χ0) is 32.8. The van der Waals surface area contributed by atoms with Crippen LogP contribution >= 0.6 is 0 Å². The molecule has 0 amide bonds. The molecule has 0 atom stereocenters. The fourth-order valence-corrected chi connectivity index (χ4v) is 8.20. The van der Waals surface area contributed by atoms with Gasteiger partial charge in [0.1, 0.15) is 22.3 Å². The molecule has 232 valence electrons. The Morgan fingerprint density at radius 2 is 0.760 bits per heavy atom. The Labute approximate surface area is 287 Å². The molecule has 2 heteroatoms. The van der Waals surface area contributed by atoms with Crippen molar-refractivity contribution in [3.8, 4) is 33.4 Å². The first-order valence-electron chi connectivity index (χ1n) is 17.1. The van der Waals surface area contributed by atoms with E-state index in [-0.39, 0.29) is 0 Å². The predicted molar refractivity (Wildman–Crippen MR) is 210 cm³/mol. The topological polar surface area (TPSA) is 26.3 Å². The van der Waals surface area contributed by atoms with Crippen LogP contribution in [0.25, 0.3) is 110 Å². The van der Waals surface area contributed by atoms with E-state index in [2.05, 4.69) is 146 Å². The van der Waals surface area contributed by atoms with Crippen molar-refractivity contribution >= 4 is 76.2 Å². The maximum atomic E-state index is 6.25. The Balaban J connectivity index is 1.20. The van der Waals surface area contributed by atoms with Gasteiger partial charge in [-0.1, -0.05) is 127 Å². The highest BCUT2D eigenvalue weighted by Gasteiger charge is 2.20. The molecule has 0 bridgehead atoms. The van der Waals surface area contributed by atoms with Gasteiger partial charge in [-0.25, -0.2) is 0 Å². The van der Waals surface area contributed by atoms with Crippen molar-refractivity contribution in [2.24, 2.45) is 0 Å². The molecular formula is C48H28O2. The molecule has 0 spiro atoms. The van der Waals surface area contributed by atoms with E-state index in [1.807, 2.05) is 24.3 Å². The van der Waals surface area contributed by atoms with Crippen LogP contribution in [0.1, 0.15) is 0 Å². The molecule has 0 aliphatic rings. The van der Waals surface area contributed by atoms with Gasteiger partial charge in [0.25, 0.3) is 0 Å². The van der Waals surface area contributed by atoms with Crippen molar-refractivity contribution in [3.63, 3.8) is 0 Å². The van der Waals surface area contributed by atoms with Gasteiger partial charge < -0.3 is 8.83 Å². The van der Waals surface area contributed by atoms with E-state index < -0.39 is 0 Å². The predicted octanol–water partition coefficient (Wildman–Crippen LogP) is 13.9. The Hall–Kier alpha value is -6.64. The van der Waals surface area contributed by atoms with Crippen molar-refractivity contribution in [1.29, 1.82) is 0 Å². The third-order valence-electron chi connectivity index (χ3n) is 10.4. The normalized spacial score (nSPS) is 12.0. The molecule has 9 aromatic carbocycles. The van der Waals surface area contributed by atoms with Crippen LogP contribution in [0.4, 0.5) is 0 Å². The third kappa shape index (κ3) is 3.96. The summed E-state index contributed by atoms with van der Waals surface area (Å²) in [5.41, 5.74) is 10.9. The van der Waals surface area contributed by atoms with Crippen LogP contribution in [0.2, 0.25) is 0 Å². The average Bonchev–Trinajstić information content (AvgIpc) is 3.74. The standard InChI is InChI=1S/C48H28O2/c1-2-13-34-29(10-1)20-23-39-46(32-12-9-11-30(26-32)31-21-24-44-40(27-31)35-14-5-7-18-42(35)49-44)37-16-3-4-17-38(37)47(48(34)39)33-22-25-45-41(28-33)36-15-6-8-19-43(36)50-45/h1-28H. The van der Waals surface area contributed by atoms with E-state index in [0.717, 1.165) is 43.9 Å². The fraction of sp³-hybridized carbons (Fsp3) is 0. The molecule has 11 rings (SSSR count). The molecular weight excluding hydrogens is 609 g/mol. The molecule has 0 fully saturated rings. The van der Waals surface area contributed by atoms with Crippen molar-refractivity contribution in [1.82, 2.24) is 0 Å². The van der Waals surface area contributed by atoms with Gasteiger partial charge in [-0.2, -0.15) is 0 Å². The zero-order valence-corrected chi connectivity index (χ0v) is 27.0. The fourth-order valence-electron chi connectivity index (χ4n) is 8.20. The van der Waals surface area contributed by atoms with E-state index in [4.69, 9.17) is 8.83 Å². The molecule has 0 saturated carbocycles. The minimum absolute atomic E-state index is 0.906. The summed E-state index contributed by atoms with van der Waals surface area (Å²) >= 11 is 0. The first-order valence-corrected chi connectivity index (χ1v) is 17.1. The second-order valence-corrected chi connectivity index (χ2v) is 13.2. The van der Waals surface area contributed by atoms with Crippen molar-refractivity contribution < 1.29 is 8.83 Å². The molecule has 2 heterocycles. The van der Waals surface area contributed by atoms with Gasteiger partial charge in [-0.05, 0) is 108 Å². The number of furan rings is 2. The second-order valence-electron chi connectivity index (χ2n) is 13.2. The van der Waals surface area contributed by atoms with Gasteiger partial charge in [-0.3, -0.25) is 0 Å². The minimum Gasteiger partial charge on any atom is -0.456 e. The van der Waals surface area contributed by atoms with Crippen LogP contribution in [-0.2, 0) is 0 Å². The van der Waals surface area contributed by atoms with Crippen LogP contribution in [-0.4, -0.2) is 0 Å². The van der Waals surface area contributed by atoms with Crippen molar-refractivity contribution in [3.05, 3.63) is 170 Å². The Kier molecular flexibility index (Phi) is 5.70. The molecule has 0 aliphatic carbocycles. The summed E-state index contributed by atoms with van der Waals surface area (Å²) in [5.74, 6) is 0. The summed E-state index contributed by atoms with van der Waals surface area (Å²) in [4.78, 5) is 0. The number of hydrogen-bond acceptors (Lipinski definition) is 2. The third-order valence-corrected chi connectivity index (χ3v) is 10.4. The number of benzene rings is 9. The number of para-hydroxylation sites is 2. The smallest absolute Gasteiger partial charge is 0.135 e. The number of rotatable bonds is 3. The average molecular weight is 637 g/mol. The van der Waals surface area contributed by atoms with Crippen LogP contribution in [0, 0.1) is 0 Å². The highest BCUT2D eigenvalue weighted by molar-refractivity contribution is 6.28. The molecule has 0 unspecified atom stereocenters. The molecule has 0 radical (unpaired) electrons. The van der Waals surface area contributed by atoms with Crippen LogP contribution in [0.3, 0.4) is 0 Å². The summed E-state index contributed by atoms with van der Waals surface area (Å²) in [6.07, 6.45) is 0. The molecule has 11 aromatic rings. The lowest BCUT2D eigenvalue weighted by atomic mass is 9.83. The van der Waals surface area contributed by atoms with E-state index in [1.54, 1.807) is 0 Å². The molecule has 0 aliphatic heterocycles. The van der Waals surface area contributed by atoms with Gasteiger partial charge in [-0.15, -0.1) is 0 Å². The summed E-state index contributed by atoms with van der Waals surface area (Å²) in [6.45, 7) is 0. The summed E-state index contributed by atoms with van der Waals surface area (Å²) < 4.78 is 12.4. The van der Waals surface area contributed by atoms with E-state index in [9.17, 15) is 0 Å². The van der Waals surface area contributed by atoms with Crippen LogP contribution < -0.4 is 0 Å². The second kappa shape index (κ2) is 10.4. The molecule has 2 nitrogen and oxygen atoms in total. The summed E-state index contributed by atoms with van der Waals surface area (Å²) in [7, 11) is 0. The van der Waals surface area contributed by atoms with Gasteiger partial charge in [0.2, 0.25) is 0 Å². The lowest BCUT2D eigenvalue weighted by molar-refractivity contribution is 0.668. The quantitative estimate of drug-likeness (QED) is 0.142. The molecule has 50 heavy (non-hydrogen) atoms. The zero-order valence-electron chi connectivity index (χ0n) is 27.0. The Morgan fingerprint density at radius 1 is 0.260 bits per heavy atom. The summed E-state index contributed by atoms with van der Waals surface area (Å²) in [6, 6.07) is 61.1. The highest BCUT2D eigenvalue weighted by Crippen LogP contribution is 2.47. The van der Waals surface area contributed by atoms with E-state index >= 15 is 0 Å². The monoisotopic (exact) mass is 636 g/mol. The van der Waals surface area contributed by atoms with Crippen LogP contribution in [0.15, 0.2) is 179 Å². The first kappa shape index (κ1) is 27.3. The van der Waals surface area contributed by atoms with Crippen molar-refractivity contribution in [2.45, 2.75) is 0 Å². The van der Waals surface area contributed by atoms with Crippen LogP contribution in [0.5, 0.6) is 0 Å². The Bertz CT molecular complexity index is 3160. The first-order chi connectivity index (χ1) is 24.8. The lowest BCUT2D eigenvalue weighted by Gasteiger charge is -2.20. The number of fused-ring (bicyclic) bond motifs is 10. The van der Waals surface area contributed by atoms with E-state index in [1.165, 1.54) is 65.7 Å².